The average Bonchev–Trinajstić information content (AvgIpc) is 3.20. The zero-order chi connectivity index (χ0) is 19.6. The lowest BCUT2D eigenvalue weighted by Crippen LogP contribution is -2.44. The molecule has 0 atom stereocenters. The maximum Gasteiger partial charge on any atom is 0.227 e. The van der Waals surface area contributed by atoms with Crippen LogP contribution in [-0.4, -0.2) is 54.6 Å². The number of nitrogens with zero attached hydrogens (tertiary/aromatic N) is 4. The zero-order valence-electron chi connectivity index (χ0n) is 16.7. The van der Waals surface area contributed by atoms with E-state index in [0.29, 0.717) is 5.95 Å². The second kappa shape index (κ2) is 7.85. The van der Waals surface area contributed by atoms with Crippen LogP contribution in [0, 0.1) is 0 Å². The second-order valence-corrected chi connectivity index (χ2v) is 7.71. The lowest BCUT2D eigenvalue weighted by Gasteiger charge is -2.34. The van der Waals surface area contributed by atoms with Crippen molar-refractivity contribution in [3.05, 3.63) is 53.9 Å². The molecular formula is C22H26N6O. The average molecular weight is 390 g/mol. The molecule has 3 aromatic rings. The fourth-order valence-corrected chi connectivity index (χ4v) is 3.88. The van der Waals surface area contributed by atoms with E-state index in [9.17, 15) is 0 Å². The predicted molar refractivity (Wildman–Crippen MR) is 115 cm³/mol. The molecule has 29 heavy (non-hydrogen) atoms. The molecule has 0 unspecified atom stereocenters. The Morgan fingerprint density at radius 2 is 1.90 bits per heavy atom. The van der Waals surface area contributed by atoms with Crippen molar-refractivity contribution in [1.82, 2.24) is 20.2 Å². The van der Waals surface area contributed by atoms with Crippen LogP contribution in [0.5, 0.6) is 0 Å². The van der Waals surface area contributed by atoms with Gasteiger partial charge in [-0.15, -0.1) is 0 Å². The van der Waals surface area contributed by atoms with Gasteiger partial charge in [-0.05, 0) is 43.4 Å². The molecule has 1 saturated heterocycles. The number of furan rings is 1. The summed E-state index contributed by atoms with van der Waals surface area (Å²) < 4.78 is 6.02. The number of nitrogens with one attached hydrogen (secondary N) is 2. The second-order valence-electron chi connectivity index (χ2n) is 7.71. The number of likely N-dealkylation sites (N-methyl/N-ethyl adjacent to an activating group) is 1. The largest absolute Gasteiger partial charge is 0.459 e. The van der Waals surface area contributed by atoms with E-state index in [4.69, 9.17) is 4.42 Å². The highest BCUT2D eigenvalue weighted by molar-refractivity contribution is 5.62. The van der Waals surface area contributed by atoms with Gasteiger partial charge in [-0.2, -0.15) is 0 Å². The van der Waals surface area contributed by atoms with Gasteiger partial charge >= 0.3 is 0 Å². The minimum Gasteiger partial charge on any atom is -0.459 e. The molecule has 0 saturated carbocycles. The van der Waals surface area contributed by atoms with Crippen LogP contribution in [0.3, 0.4) is 0 Å². The van der Waals surface area contributed by atoms with E-state index in [2.05, 4.69) is 67.8 Å². The van der Waals surface area contributed by atoms with Crippen molar-refractivity contribution in [2.24, 2.45) is 0 Å². The Kier molecular flexibility index (Phi) is 4.91. The Morgan fingerprint density at radius 3 is 2.69 bits per heavy atom. The Balaban J connectivity index is 1.29. The minimum atomic E-state index is 0.572. The molecule has 1 fully saturated rings. The summed E-state index contributed by atoms with van der Waals surface area (Å²) in [6.07, 6.45) is 2.69. The Morgan fingerprint density at radius 1 is 1.07 bits per heavy atom. The third kappa shape index (κ3) is 3.97. The number of aromatic nitrogens is 2. The minimum absolute atomic E-state index is 0.572. The van der Waals surface area contributed by atoms with Gasteiger partial charge in [0.1, 0.15) is 11.5 Å². The molecule has 2 aromatic heterocycles. The van der Waals surface area contributed by atoms with Crippen LogP contribution in [0.2, 0.25) is 0 Å². The topological polar surface area (TPSA) is 69.5 Å². The van der Waals surface area contributed by atoms with Crippen LogP contribution < -0.4 is 15.5 Å². The first-order valence-corrected chi connectivity index (χ1v) is 10.2. The first kappa shape index (κ1) is 18.1. The molecule has 0 radical (unpaired) electrons. The molecule has 0 bridgehead atoms. The Hall–Kier alpha value is -2.90. The van der Waals surface area contributed by atoms with Crippen molar-refractivity contribution in [3.8, 4) is 11.5 Å². The maximum absolute atomic E-state index is 6.02. The molecule has 7 heteroatoms. The predicted octanol–water partition coefficient (Wildman–Crippen LogP) is 2.88. The molecule has 2 N–H and O–H groups in total. The van der Waals surface area contributed by atoms with Crippen LogP contribution in [0.15, 0.2) is 47.0 Å². The fourth-order valence-electron chi connectivity index (χ4n) is 3.88. The third-order valence-corrected chi connectivity index (χ3v) is 5.64. The number of hydrogen-bond donors (Lipinski definition) is 2. The van der Waals surface area contributed by atoms with E-state index >= 15 is 0 Å². The van der Waals surface area contributed by atoms with E-state index in [0.717, 1.165) is 68.6 Å². The van der Waals surface area contributed by atoms with Gasteiger partial charge in [-0.25, -0.2) is 9.97 Å². The Bertz CT molecular complexity index is 952. The number of piperazine rings is 1. The summed E-state index contributed by atoms with van der Waals surface area (Å²) in [5.74, 6) is 2.43. The molecular weight excluding hydrogens is 364 g/mol. The SMILES string of the molecule is CN1CCN(c2ccc(Nc3nccc(-c4cc5c(o4)CCNC5)n3)cc2)CC1. The maximum atomic E-state index is 6.02. The number of rotatable bonds is 4. The van der Waals surface area contributed by atoms with Crippen LogP contribution in [0.25, 0.3) is 11.5 Å². The van der Waals surface area contributed by atoms with Gasteiger partial charge in [0.05, 0.1) is 0 Å². The highest BCUT2D eigenvalue weighted by Gasteiger charge is 2.17. The molecule has 0 aliphatic carbocycles. The Labute approximate surface area is 170 Å². The lowest BCUT2D eigenvalue weighted by molar-refractivity contribution is 0.313. The van der Waals surface area contributed by atoms with Gasteiger partial charge < -0.3 is 24.9 Å². The van der Waals surface area contributed by atoms with Gasteiger partial charge in [-0.3, -0.25) is 0 Å². The van der Waals surface area contributed by atoms with Crippen LogP contribution >= 0.6 is 0 Å². The fraction of sp³-hybridized carbons (Fsp3) is 0.364. The summed E-state index contributed by atoms with van der Waals surface area (Å²) in [5, 5.41) is 6.68. The van der Waals surface area contributed by atoms with Crippen molar-refractivity contribution in [2.75, 3.05) is 50.0 Å². The smallest absolute Gasteiger partial charge is 0.227 e. The lowest BCUT2D eigenvalue weighted by atomic mass is 10.1. The van der Waals surface area contributed by atoms with Crippen molar-refractivity contribution < 1.29 is 4.42 Å². The molecule has 2 aliphatic heterocycles. The highest BCUT2D eigenvalue weighted by Crippen LogP contribution is 2.27. The van der Waals surface area contributed by atoms with Gasteiger partial charge in [0.25, 0.3) is 0 Å². The van der Waals surface area contributed by atoms with Crippen molar-refractivity contribution >= 4 is 17.3 Å². The quantitative estimate of drug-likeness (QED) is 0.710. The standard InChI is InChI=1S/C22H26N6O/c1-27-10-12-28(13-11-27)18-4-2-17(3-5-18)25-22-24-9-6-19(26-22)21-14-16-15-23-8-7-20(16)29-21/h2-6,9,14,23H,7-8,10-13,15H2,1H3,(H,24,25,26). The monoisotopic (exact) mass is 390 g/mol. The summed E-state index contributed by atoms with van der Waals surface area (Å²) >= 11 is 0. The molecule has 4 heterocycles. The van der Waals surface area contributed by atoms with E-state index in [1.807, 2.05) is 6.07 Å². The van der Waals surface area contributed by atoms with Gasteiger partial charge in [0.2, 0.25) is 5.95 Å². The van der Waals surface area contributed by atoms with Gasteiger partial charge in [0.15, 0.2) is 5.76 Å². The van der Waals surface area contributed by atoms with Crippen molar-refractivity contribution in [2.45, 2.75) is 13.0 Å². The van der Waals surface area contributed by atoms with E-state index in [1.165, 1.54) is 11.3 Å². The van der Waals surface area contributed by atoms with Gasteiger partial charge in [0, 0.05) is 68.8 Å². The normalized spacial score (nSPS) is 17.2. The molecule has 5 rings (SSSR count). The molecule has 0 amide bonds. The number of hydrogen-bond acceptors (Lipinski definition) is 7. The summed E-state index contributed by atoms with van der Waals surface area (Å²) in [6, 6.07) is 12.5. The van der Waals surface area contributed by atoms with E-state index in [1.54, 1.807) is 6.20 Å². The summed E-state index contributed by atoms with van der Waals surface area (Å²) in [6.45, 7) is 6.16. The first-order valence-electron chi connectivity index (χ1n) is 10.2. The summed E-state index contributed by atoms with van der Waals surface area (Å²) in [5.41, 5.74) is 4.25. The first-order chi connectivity index (χ1) is 14.2. The summed E-state index contributed by atoms with van der Waals surface area (Å²) in [4.78, 5) is 13.8. The zero-order valence-corrected chi connectivity index (χ0v) is 16.7. The van der Waals surface area contributed by atoms with Crippen molar-refractivity contribution in [3.63, 3.8) is 0 Å². The third-order valence-electron chi connectivity index (χ3n) is 5.64. The van der Waals surface area contributed by atoms with Crippen LogP contribution in [-0.2, 0) is 13.0 Å². The van der Waals surface area contributed by atoms with Crippen LogP contribution in [0.1, 0.15) is 11.3 Å². The molecule has 2 aliphatic rings. The van der Waals surface area contributed by atoms with Gasteiger partial charge in [-0.1, -0.05) is 0 Å². The molecule has 0 spiro atoms. The molecule has 7 nitrogen and oxygen atoms in total. The molecule has 150 valence electrons. The van der Waals surface area contributed by atoms with E-state index < -0.39 is 0 Å². The highest BCUT2D eigenvalue weighted by atomic mass is 16.3. The van der Waals surface area contributed by atoms with Crippen LogP contribution in [0.4, 0.5) is 17.3 Å². The number of benzene rings is 1. The number of anilines is 3. The molecule has 1 aromatic carbocycles. The number of fused-ring (bicyclic) bond motifs is 1. The van der Waals surface area contributed by atoms with E-state index in [-0.39, 0.29) is 0 Å². The summed E-state index contributed by atoms with van der Waals surface area (Å²) in [7, 11) is 2.17. The van der Waals surface area contributed by atoms with Crippen molar-refractivity contribution in [1.29, 1.82) is 0 Å².